The maximum absolute atomic E-state index is 2.48. The van der Waals surface area contributed by atoms with Gasteiger partial charge in [-0.25, -0.2) is 0 Å². The SMILES string of the molecule is c1ccc2c(c1)CCCc1cc3sc4ccccc4c3cc1CC2. The van der Waals surface area contributed by atoms with Crippen LogP contribution in [0.3, 0.4) is 0 Å². The number of fused-ring (bicyclic) bond motifs is 5. The highest BCUT2D eigenvalue weighted by atomic mass is 32.1. The van der Waals surface area contributed by atoms with Crippen LogP contribution in [0.25, 0.3) is 20.2 Å². The van der Waals surface area contributed by atoms with Crippen LogP contribution in [0.2, 0.25) is 0 Å². The summed E-state index contributed by atoms with van der Waals surface area (Å²) in [4.78, 5) is 0. The Balaban J connectivity index is 1.65. The molecule has 5 rings (SSSR count). The van der Waals surface area contributed by atoms with Crippen molar-refractivity contribution in [3.63, 3.8) is 0 Å². The van der Waals surface area contributed by atoms with E-state index in [1.54, 1.807) is 22.3 Å². The van der Waals surface area contributed by atoms with E-state index in [-0.39, 0.29) is 0 Å². The number of aryl methyl sites for hydroxylation is 4. The van der Waals surface area contributed by atoms with Crippen LogP contribution in [0.1, 0.15) is 28.7 Å². The lowest BCUT2D eigenvalue weighted by Gasteiger charge is -2.09. The van der Waals surface area contributed by atoms with Gasteiger partial charge in [-0.3, -0.25) is 0 Å². The number of rotatable bonds is 0. The standard InChI is InChI=1S/C23H20S/c1-2-7-17-12-13-19-14-21-20-10-3-4-11-22(20)24-23(21)15-18(19)9-5-8-16(17)6-1/h1-4,6-7,10-11,14-15H,5,8-9,12-13H2. The van der Waals surface area contributed by atoms with E-state index in [1.807, 2.05) is 11.3 Å². The monoisotopic (exact) mass is 328 g/mol. The highest BCUT2D eigenvalue weighted by Gasteiger charge is 2.13. The van der Waals surface area contributed by atoms with E-state index in [9.17, 15) is 0 Å². The minimum atomic E-state index is 1.16. The highest BCUT2D eigenvalue weighted by molar-refractivity contribution is 7.25. The summed E-state index contributed by atoms with van der Waals surface area (Å²) in [6.45, 7) is 0. The second-order valence-corrected chi connectivity index (χ2v) is 7.92. The van der Waals surface area contributed by atoms with Gasteiger partial charge in [0.1, 0.15) is 0 Å². The molecule has 3 aromatic carbocycles. The number of thiophene rings is 1. The quantitative estimate of drug-likeness (QED) is 0.354. The average Bonchev–Trinajstić information content (AvgIpc) is 3.00. The molecule has 0 fully saturated rings. The Kier molecular flexibility index (Phi) is 3.41. The first-order valence-electron chi connectivity index (χ1n) is 8.88. The molecule has 0 N–H and O–H groups in total. The van der Waals surface area contributed by atoms with E-state index in [1.165, 1.54) is 39.4 Å². The number of hydrogen-bond acceptors (Lipinski definition) is 1. The summed E-state index contributed by atoms with van der Waals surface area (Å²) in [5, 5.41) is 2.86. The topological polar surface area (TPSA) is 0 Å². The molecule has 0 bridgehead atoms. The molecule has 1 heteroatoms. The van der Waals surface area contributed by atoms with Gasteiger partial charge in [-0.2, -0.15) is 0 Å². The van der Waals surface area contributed by atoms with Crippen LogP contribution in [0.4, 0.5) is 0 Å². The van der Waals surface area contributed by atoms with Crippen molar-refractivity contribution < 1.29 is 0 Å². The van der Waals surface area contributed by atoms with Gasteiger partial charge in [0.25, 0.3) is 0 Å². The number of benzene rings is 3. The summed E-state index contributed by atoms with van der Waals surface area (Å²) in [5.41, 5.74) is 6.22. The minimum absolute atomic E-state index is 1.16. The zero-order valence-corrected chi connectivity index (χ0v) is 14.5. The van der Waals surface area contributed by atoms with Crippen molar-refractivity contribution in [1.82, 2.24) is 0 Å². The Morgan fingerprint density at radius 1 is 0.542 bits per heavy atom. The van der Waals surface area contributed by atoms with Crippen molar-refractivity contribution in [3.05, 3.63) is 82.9 Å². The van der Waals surface area contributed by atoms with Gasteiger partial charge >= 0.3 is 0 Å². The third-order valence-corrected chi connectivity index (χ3v) is 6.51. The van der Waals surface area contributed by atoms with Crippen molar-refractivity contribution >= 4 is 31.5 Å². The zero-order chi connectivity index (χ0) is 15.9. The van der Waals surface area contributed by atoms with Gasteiger partial charge < -0.3 is 0 Å². The predicted octanol–water partition coefficient (Wildman–Crippen LogP) is 6.33. The van der Waals surface area contributed by atoms with Crippen molar-refractivity contribution in [2.45, 2.75) is 32.1 Å². The lowest BCUT2D eigenvalue weighted by molar-refractivity contribution is 0.818. The van der Waals surface area contributed by atoms with E-state index in [2.05, 4.69) is 60.7 Å². The molecule has 24 heavy (non-hydrogen) atoms. The Labute approximate surface area is 146 Å². The van der Waals surface area contributed by atoms with Crippen LogP contribution in [-0.2, 0) is 25.7 Å². The zero-order valence-electron chi connectivity index (χ0n) is 13.7. The van der Waals surface area contributed by atoms with E-state index in [4.69, 9.17) is 0 Å². The Hall–Kier alpha value is -2.12. The Morgan fingerprint density at radius 3 is 2.12 bits per heavy atom. The lowest BCUT2D eigenvalue weighted by Crippen LogP contribution is -1.96. The summed E-state index contributed by atoms with van der Waals surface area (Å²) >= 11 is 1.94. The van der Waals surface area contributed by atoms with Crippen molar-refractivity contribution in [1.29, 1.82) is 0 Å². The van der Waals surface area contributed by atoms with Crippen LogP contribution in [0, 0.1) is 0 Å². The average molecular weight is 328 g/mol. The molecule has 0 spiro atoms. The van der Waals surface area contributed by atoms with Crippen LogP contribution >= 0.6 is 11.3 Å². The molecule has 0 atom stereocenters. The fraction of sp³-hybridized carbons (Fsp3) is 0.217. The molecule has 1 aromatic heterocycles. The van der Waals surface area contributed by atoms with E-state index in [0.29, 0.717) is 0 Å². The molecule has 118 valence electrons. The van der Waals surface area contributed by atoms with Gasteiger partial charge in [0.05, 0.1) is 0 Å². The molecular formula is C23H20S. The van der Waals surface area contributed by atoms with E-state index in [0.717, 1.165) is 12.8 Å². The minimum Gasteiger partial charge on any atom is -0.135 e. The van der Waals surface area contributed by atoms with Gasteiger partial charge in [0.15, 0.2) is 0 Å². The molecule has 0 saturated heterocycles. The molecular weight excluding hydrogens is 308 g/mol. The summed E-state index contributed by atoms with van der Waals surface area (Å²) in [6.07, 6.45) is 5.98. The first-order valence-corrected chi connectivity index (χ1v) is 9.70. The van der Waals surface area contributed by atoms with Crippen molar-refractivity contribution in [3.8, 4) is 0 Å². The molecule has 1 aliphatic rings. The largest absolute Gasteiger partial charge is 0.135 e. The molecule has 0 aliphatic heterocycles. The van der Waals surface area contributed by atoms with Crippen molar-refractivity contribution in [2.24, 2.45) is 0 Å². The Morgan fingerprint density at radius 2 is 1.21 bits per heavy atom. The van der Waals surface area contributed by atoms with Gasteiger partial charge in [-0.1, -0.05) is 42.5 Å². The predicted molar refractivity (Wildman–Crippen MR) is 105 cm³/mol. The summed E-state index contributed by atoms with van der Waals surface area (Å²) in [7, 11) is 0. The van der Waals surface area contributed by atoms with Gasteiger partial charge in [0, 0.05) is 20.2 Å². The molecule has 0 radical (unpaired) electrons. The maximum Gasteiger partial charge on any atom is 0.0358 e. The highest BCUT2D eigenvalue weighted by Crippen LogP contribution is 2.36. The first kappa shape index (κ1) is 14.2. The van der Waals surface area contributed by atoms with Crippen LogP contribution in [-0.4, -0.2) is 0 Å². The molecule has 0 amide bonds. The third-order valence-electron chi connectivity index (χ3n) is 5.37. The summed E-state index contributed by atoms with van der Waals surface area (Å²) < 4.78 is 2.86. The number of hydrogen-bond donors (Lipinski definition) is 0. The molecule has 4 aromatic rings. The Bertz CT molecular complexity index is 1040. The van der Waals surface area contributed by atoms with Gasteiger partial charge in [-0.15, -0.1) is 11.3 Å². The summed E-state index contributed by atoms with van der Waals surface area (Å²) in [6, 6.07) is 22.8. The smallest absolute Gasteiger partial charge is 0.0358 e. The van der Waals surface area contributed by atoms with Crippen LogP contribution in [0.5, 0.6) is 0 Å². The summed E-state index contributed by atoms with van der Waals surface area (Å²) in [5.74, 6) is 0. The van der Waals surface area contributed by atoms with E-state index < -0.39 is 0 Å². The van der Waals surface area contributed by atoms with Gasteiger partial charge in [-0.05, 0) is 72.6 Å². The molecule has 0 unspecified atom stereocenters. The first-order chi connectivity index (χ1) is 11.9. The molecule has 1 aliphatic carbocycles. The van der Waals surface area contributed by atoms with Gasteiger partial charge in [0.2, 0.25) is 0 Å². The lowest BCUT2D eigenvalue weighted by atomic mass is 9.96. The van der Waals surface area contributed by atoms with Crippen LogP contribution in [0.15, 0.2) is 60.7 Å². The molecule has 0 nitrogen and oxygen atoms in total. The second-order valence-electron chi connectivity index (χ2n) is 6.84. The fourth-order valence-electron chi connectivity index (χ4n) is 4.11. The van der Waals surface area contributed by atoms with Crippen molar-refractivity contribution in [2.75, 3.05) is 0 Å². The normalized spacial score (nSPS) is 14.7. The second kappa shape index (κ2) is 5.75. The molecule has 0 saturated carbocycles. The maximum atomic E-state index is 2.48. The molecule has 1 heterocycles. The van der Waals surface area contributed by atoms with Crippen LogP contribution < -0.4 is 0 Å². The third kappa shape index (κ3) is 2.35. The fourth-order valence-corrected chi connectivity index (χ4v) is 5.26. The van der Waals surface area contributed by atoms with E-state index >= 15 is 0 Å².